The molecule has 0 aliphatic rings. The van der Waals surface area contributed by atoms with Gasteiger partial charge in [0, 0.05) is 18.8 Å². The van der Waals surface area contributed by atoms with Crippen LogP contribution in [-0.4, -0.2) is 19.8 Å². The van der Waals surface area contributed by atoms with Gasteiger partial charge in [0.25, 0.3) is 0 Å². The largest absolute Gasteiger partial charge is 0.383 e. The summed E-state index contributed by atoms with van der Waals surface area (Å²) < 4.78 is 18.2. The van der Waals surface area contributed by atoms with Crippen LogP contribution in [0.4, 0.5) is 10.1 Å². The molecule has 2 nitrogen and oxygen atoms in total. The monoisotopic (exact) mass is 239 g/mol. The number of benzene rings is 1. The molecule has 17 heavy (non-hydrogen) atoms. The molecular formula is C14H22FNO. The summed E-state index contributed by atoms with van der Waals surface area (Å²) in [7, 11) is 0. The maximum absolute atomic E-state index is 12.6. The Hall–Kier alpha value is -1.09. The van der Waals surface area contributed by atoms with Crippen molar-refractivity contribution in [2.24, 2.45) is 5.92 Å². The molecule has 0 saturated carbocycles. The van der Waals surface area contributed by atoms with E-state index in [0.29, 0.717) is 12.5 Å². The molecule has 0 heterocycles. The highest BCUT2D eigenvalue weighted by Crippen LogP contribution is 2.08. The van der Waals surface area contributed by atoms with Crippen molar-refractivity contribution in [3.8, 4) is 0 Å². The minimum absolute atomic E-state index is 0.208. The number of anilines is 1. The summed E-state index contributed by atoms with van der Waals surface area (Å²) in [5.41, 5.74) is 0.927. The summed E-state index contributed by atoms with van der Waals surface area (Å²) in [6, 6.07) is 6.36. The topological polar surface area (TPSA) is 21.3 Å². The maximum Gasteiger partial charge on any atom is 0.123 e. The molecule has 0 aliphatic carbocycles. The van der Waals surface area contributed by atoms with Gasteiger partial charge in [0.2, 0.25) is 0 Å². The van der Waals surface area contributed by atoms with E-state index in [1.807, 2.05) is 0 Å². The second-order valence-corrected chi connectivity index (χ2v) is 4.40. The minimum atomic E-state index is -0.208. The van der Waals surface area contributed by atoms with Crippen LogP contribution >= 0.6 is 0 Å². The lowest BCUT2D eigenvalue weighted by molar-refractivity contribution is 0.110. The van der Waals surface area contributed by atoms with Crippen LogP contribution in [-0.2, 0) is 4.74 Å². The minimum Gasteiger partial charge on any atom is -0.383 e. The van der Waals surface area contributed by atoms with Gasteiger partial charge in [0.1, 0.15) is 5.82 Å². The van der Waals surface area contributed by atoms with Gasteiger partial charge in [-0.1, -0.05) is 20.3 Å². The smallest absolute Gasteiger partial charge is 0.123 e. The van der Waals surface area contributed by atoms with Crippen LogP contribution in [0.15, 0.2) is 24.3 Å². The third kappa shape index (κ3) is 6.27. The molecule has 0 aromatic heterocycles. The number of halogens is 1. The molecule has 3 heteroatoms. The first-order valence-electron chi connectivity index (χ1n) is 6.29. The Bertz CT molecular complexity index is 300. The van der Waals surface area contributed by atoms with Gasteiger partial charge in [-0.25, -0.2) is 4.39 Å². The first kappa shape index (κ1) is 14.0. The van der Waals surface area contributed by atoms with E-state index < -0.39 is 0 Å². The molecule has 1 unspecified atom stereocenters. The highest BCUT2D eigenvalue weighted by Gasteiger charge is 2.00. The van der Waals surface area contributed by atoms with E-state index in [1.54, 1.807) is 12.1 Å². The molecule has 0 amide bonds. The van der Waals surface area contributed by atoms with Crippen LogP contribution in [0.2, 0.25) is 0 Å². The molecule has 1 aromatic carbocycles. The molecule has 0 aliphatic heterocycles. The van der Waals surface area contributed by atoms with Gasteiger partial charge >= 0.3 is 0 Å². The van der Waals surface area contributed by atoms with Gasteiger partial charge in [-0.3, -0.25) is 0 Å². The van der Waals surface area contributed by atoms with E-state index in [4.69, 9.17) is 4.74 Å². The van der Waals surface area contributed by atoms with Crippen molar-refractivity contribution < 1.29 is 9.13 Å². The second-order valence-electron chi connectivity index (χ2n) is 4.40. The van der Waals surface area contributed by atoms with Crippen molar-refractivity contribution in [2.45, 2.75) is 26.7 Å². The van der Waals surface area contributed by atoms with Gasteiger partial charge in [0.05, 0.1) is 6.61 Å². The number of ether oxygens (including phenoxy) is 1. The van der Waals surface area contributed by atoms with E-state index in [9.17, 15) is 4.39 Å². The van der Waals surface area contributed by atoms with Crippen molar-refractivity contribution >= 4 is 5.69 Å². The number of hydrogen-bond acceptors (Lipinski definition) is 2. The molecule has 0 spiro atoms. The zero-order valence-electron chi connectivity index (χ0n) is 10.7. The summed E-state index contributed by atoms with van der Waals surface area (Å²) in [5.74, 6) is 0.422. The van der Waals surface area contributed by atoms with Crippen LogP contribution in [0.1, 0.15) is 26.7 Å². The Morgan fingerprint density at radius 1 is 1.29 bits per heavy atom. The third-order valence-electron chi connectivity index (χ3n) is 2.60. The SMILES string of the molecule is CCCC(C)COCCNc1ccc(F)cc1. The molecule has 0 saturated heterocycles. The highest BCUT2D eigenvalue weighted by atomic mass is 19.1. The average Bonchev–Trinajstić information content (AvgIpc) is 2.31. The molecule has 0 radical (unpaired) electrons. The normalized spacial score (nSPS) is 12.4. The van der Waals surface area contributed by atoms with Crippen molar-refractivity contribution in [2.75, 3.05) is 25.1 Å². The molecule has 1 rings (SSSR count). The molecule has 96 valence electrons. The summed E-state index contributed by atoms with van der Waals surface area (Å²) in [6.07, 6.45) is 2.42. The Morgan fingerprint density at radius 3 is 2.65 bits per heavy atom. The van der Waals surface area contributed by atoms with Crippen LogP contribution in [0, 0.1) is 11.7 Å². The highest BCUT2D eigenvalue weighted by molar-refractivity contribution is 5.42. The Morgan fingerprint density at radius 2 is 2.00 bits per heavy atom. The summed E-state index contributed by atoms with van der Waals surface area (Å²) >= 11 is 0. The van der Waals surface area contributed by atoms with Crippen molar-refractivity contribution in [1.29, 1.82) is 0 Å². The fourth-order valence-electron chi connectivity index (χ4n) is 1.70. The number of nitrogens with one attached hydrogen (secondary N) is 1. The van der Waals surface area contributed by atoms with E-state index in [-0.39, 0.29) is 5.82 Å². The Kier molecular flexibility index (Phi) is 6.63. The predicted octanol–water partition coefficient (Wildman–Crippen LogP) is 3.69. The number of rotatable bonds is 8. The molecule has 0 fully saturated rings. The standard InChI is InChI=1S/C14H22FNO/c1-3-4-12(2)11-17-10-9-16-14-7-5-13(15)6-8-14/h5-8,12,16H,3-4,9-11H2,1-2H3. The summed E-state index contributed by atoms with van der Waals surface area (Å²) in [4.78, 5) is 0. The lowest BCUT2D eigenvalue weighted by Gasteiger charge is -2.11. The van der Waals surface area contributed by atoms with E-state index >= 15 is 0 Å². The number of hydrogen-bond donors (Lipinski definition) is 1. The lowest BCUT2D eigenvalue weighted by Crippen LogP contribution is -2.13. The molecule has 1 N–H and O–H groups in total. The Balaban J connectivity index is 2.06. The van der Waals surface area contributed by atoms with Crippen molar-refractivity contribution in [3.63, 3.8) is 0 Å². The maximum atomic E-state index is 12.6. The van der Waals surface area contributed by atoms with Gasteiger partial charge in [-0.15, -0.1) is 0 Å². The van der Waals surface area contributed by atoms with Crippen molar-refractivity contribution in [3.05, 3.63) is 30.1 Å². The van der Waals surface area contributed by atoms with Gasteiger partial charge in [-0.2, -0.15) is 0 Å². The molecular weight excluding hydrogens is 217 g/mol. The van der Waals surface area contributed by atoms with Gasteiger partial charge < -0.3 is 10.1 Å². The molecule has 1 atom stereocenters. The van der Waals surface area contributed by atoms with E-state index in [2.05, 4.69) is 19.2 Å². The average molecular weight is 239 g/mol. The van der Waals surface area contributed by atoms with Crippen LogP contribution in [0.3, 0.4) is 0 Å². The third-order valence-corrected chi connectivity index (χ3v) is 2.60. The van der Waals surface area contributed by atoms with E-state index in [0.717, 1.165) is 18.8 Å². The van der Waals surface area contributed by atoms with Crippen LogP contribution < -0.4 is 5.32 Å². The second kappa shape index (κ2) is 8.07. The predicted molar refractivity (Wildman–Crippen MR) is 69.8 cm³/mol. The fourth-order valence-corrected chi connectivity index (χ4v) is 1.70. The Labute approximate surface area is 103 Å². The zero-order chi connectivity index (χ0) is 12.5. The zero-order valence-corrected chi connectivity index (χ0v) is 10.7. The van der Waals surface area contributed by atoms with Crippen LogP contribution in [0.25, 0.3) is 0 Å². The first-order valence-corrected chi connectivity index (χ1v) is 6.29. The molecule has 1 aromatic rings. The first-order chi connectivity index (χ1) is 8.22. The van der Waals surface area contributed by atoms with Crippen LogP contribution in [0.5, 0.6) is 0 Å². The molecule has 0 bridgehead atoms. The summed E-state index contributed by atoms with van der Waals surface area (Å²) in [6.45, 7) is 6.65. The quantitative estimate of drug-likeness (QED) is 0.698. The van der Waals surface area contributed by atoms with Gasteiger partial charge in [-0.05, 0) is 36.6 Å². The van der Waals surface area contributed by atoms with E-state index in [1.165, 1.54) is 25.0 Å². The lowest BCUT2D eigenvalue weighted by atomic mass is 10.1. The summed E-state index contributed by atoms with van der Waals surface area (Å²) in [5, 5.41) is 3.19. The van der Waals surface area contributed by atoms with Crippen molar-refractivity contribution in [1.82, 2.24) is 0 Å². The van der Waals surface area contributed by atoms with Gasteiger partial charge in [0.15, 0.2) is 0 Å². The fraction of sp³-hybridized carbons (Fsp3) is 0.571.